The molecule has 0 aliphatic carbocycles. The molecule has 162 valence electrons. The summed E-state index contributed by atoms with van der Waals surface area (Å²) < 4.78 is 17.0. The van der Waals surface area contributed by atoms with E-state index >= 15 is 0 Å². The minimum absolute atomic E-state index is 0.143. The number of hydrogen-bond acceptors (Lipinski definition) is 3. The van der Waals surface area contributed by atoms with Gasteiger partial charge in [0.25, 0.3) is 0 Å². The third-order valence-electron chi connectivity index (χ3n) is 6.18. The molecule has 0 unspecified atom stereocenters. The Hall–Kier alpha value is -3.38. The fraction of sp³-hybridized carbons (Fsp3) is 0.200. The fourth-order valence-electron chi connectivity index (χ4n) is 4.83. The maximum absolute atomic E-state index is 14.7. The van der Waals surface area contributed by atoms with E-state index in [1.54, 1.807) is 12.3 Å². The lowest BCUT2D eigenvalue weighted by molar-refractivity contribution is -0.136. The highest BCUT2D eigenvalue weighted by Crippen LogP contribution is 2.46. The third kappa shape index (κ3) is 3.14. The van der Waals surface area contributed by atoms with Crippen molar-refractivity contribution in [2.45, 2.75) is 26.8 Å². The lowest BCUT2D eigenvalue weighted by Gasteiger charge is -2.33. The van der Waals surface area contributed by atoms with Crippen LogP contribution >= 0.6 is 11.6 Å². The molecule has 1 aliphatic heterocycles. The first-order chi connectivity index (χ1) is 15.4. The van der Waals surface area contributed by atoms with Crippen molar-refractivity contribution >= 4 is 40.0 Å². The van der Waals surface area contributed by atoms with Crippen LogP contribution in [0.15, 0.2) is 48.7 Å². The van der Waals surface area contributed by atoms with Crippen molar-refractivity contribution < 1.29 is 14.3 Å². The predicted molar refractivity (Wildman–Crippen MR) is 124 cm³/mol. The molecule has 2 aromatic heterocycles. The summed E-state index contributed by atoms with van der Waals surface area (Å²) in [4.78, 5) is 18.1. The van der Waals surface area contributed by atoms with E-state index in [4.69, 9.17) is 11.6 Å². The Labute approximate surface area is 189 Å². The Morgan fingerprint density at radius 1 is 1.19 bits per heavy atom. The monoisotopic (exact) mass is 449 g/mol. The van der Waals surface area contributed by atoms with Gasteiger partial charge in [0.05, 0.1) is 17.6 Å². The minimum atomic E-state index is -0.919. The standard InChI is InChI=1S/C25H21ClFN3O2/c1-14-12-19-22(16-5-7-17(26)8-6-16)18(13-21(31)32)15(2)23-24(19)29(14)10-11-30(23)25-20(27)4-3-9-28-25/h3-9,12H,10-11,13H2,1-2H3,(H,31,32). The van der Waals surface area contributed by atoms with E-state index in [0.29, 0.717) is 23.7 Å². The number of carbonyl (C=O) groups is 1. The number of anilines is 2. The van der Waals surface area contributed by atoms with Gasteiger partial charge in [-0.1, -0.05) is 23.7 Å². The first-order valence-electron chi connectivity index (χ1n) is 10.4. The maximum atomic E-state index is 14.7. The van der Waals surface area contributed by atoms with Gasteiger partial charge in [0, 0.05) is 35.4 Å². The van der Waals surface area contributed by atoms with Gasteiger partial charge >= 0.3 is 5.97 Å². The van der Waals surface area contributed by atoms with Gasteiger partial charge in [-0.2, -0.15) is 0 Å². The van der Waals surface area contributed by atoms with Gasteiger partial charge in [0.1, 0.15) is 0 Å². The SMILES string of the molecule is Cc1c(CC(=O)O)c(-c2ccc(Cl)cc2)c2cc(C)n3c2c1N(c1ncccc1F)CC3. The number of rotatable bonds is 4. The normalized spacial score (nSPS) is 13.1. The molecular weight excluding hydrogens is 429 g/mol. The smallest absolute Gasteiger partial charge is 0.307 e. The van der Waals surface area contributed by atoms with Crippen LogP contribution in [0.1, 0.15) is 16.8 Å². The van der Waals surface area contributed by atoms with Crippen molar-refractivity contribution in [2.24, 2.45) is 0 Å². The summed E-state index contributed by atoms with van der Waals surface area (Å²) in [6.07, 6.45) is 1.43. The molecule has 7 heteroatoms. The molecule has 0 bridgehead atoms. The average molecular weight is 450 g/mol. The van der Waals surface area contributed by atoms with Crippen molar-refractivity contribution in [3.63, 3.8) is 0 Å². The lowest BCUT2D eigenvalue weighted by Crippen LogP contribution is -2.30. The zero-order chi connectivity index (χ0) is 22.6. The maximum Gasteiger partial charge on any atom is 0.307 e. The van der Waals surface area contributed by atoms with Crippen molar-refractivity contribution in [2.75, 3.05) is 11.4 Å². The molecule has 0 fully saturated rings. The Morgan fingerprint density at radius 2 is 1.94 bits per heavy atom. The molecule has 0 atom stereocenters. The summed E-state index contributed by atoms with van der Waals surface area (Å²) in [5.74, 6) is -1.07. The Balaban J connectivity index is 1.89. The second kappa shape index (κ2) is 7.64. The molecule has 0 amide bonds. The molecule has 5 nitrogen and oxygen atoms in total. The predicted octanol–water partition coefficient (Wildman–Crippen LogP) is 5.89. The molecule has 0 radical (unpaired) electrons. The van der Waals surface area contributed by atoms with E-state index in [2.05, 4.69) is 15.6 Å². The van der Waals surface area contributed by atoms with Gasteiger partial charge in [-0.25, -0.2) is 9.37 Å². The Kier molecular flexibility index (Phi) is 4.90. The topological polar surface area (TPSA) is 58.4 Å². The highest BCUT2D eigenvalue weighted by Gasteiger charge is 2.30. The third-order valence-corrected chi connectivity index (χ3v) is 6.43. The zero-order valence-electron chi connectivity index (χ0n) is 17.7. The van der Waals surface area contributed by atoms with E-state index in [0.717, 1.165) is 39.0 Å². The molecule has 0 spiro atoms. The summed E-state index contributed by atoms with van der Waals surface area (Å²) in [6, 6.07) is 12.5. The number of carboxylic acids is 1. The largest absolute Gasteiger partial charge is 0.481 e. The first kappa shape index (κ1) is 20.5. The summed E-state index contributed by atoms with van der Waals surface area (Å²) in [7, 11) is 0. The highest BCUT2D eigenvalue weighted by atomic mass is 35.5. The van der Waals surface area contributed by atoms with Gasteiger partial charge in [-0.3, -0.25) is 4.79 Å². The van der Waals surface area contributed by atoms with E-state index in [-0.39, 0.29) is 12.2 Å². The summed E-state index contributed by atoms with van der Waals surface area (Å²) in [5.41, 5.74) is 6.16. The van der Waals surface area contributed by atoms with Crippen molar-refractivity contribution in [3.05, 3.63) is 76.3 Å². The van der Waals surface area contributed by atoms with Crippen LogP contribution in [-0.4, -0.2) is 27.2 Å². The molecule has 3 heterocycles. The van der Waals surface area contributed by atoms with E-state index in [9.17, 15) is 14.3 Å². The molecule has 2 aromatic carbocycles. The number of carboxylic acid groups (broad SMARTS) is 1. The highest BCUT2D eigenvalue weighted by molar-refractivity contribution is 6.30. The van der Waals surface area contributed by atoms with E-state index in [1.165, 1.54) is 6.07 Å². The van der Waals surface area contributed by atoms with Gasteiger partial charge in [-0.15, -0.1) is 0 Å². The molecule has 5 rings (SSSR count). The van der Waals surface area contributed by atoms with Crippen LogP contribution in [0.5, 0.6) is 0 Å². The van der Waals surface area contributed by atoms with E-state index in [1.807, 2.05) is 43.0 Å². The summed E-state index contributed by atoms with van der Waals surface area (Å²) >= 11 is 6.11. The van der Waals surface area contributed by atoms with Gasteiger partial charge in [0.2, 0.25) is 0 Å². The Bertz CT molecular complexity index is 1380. The van der Waals surface area contributed by atoms with Crippen molar-refractivity contribution in [1.82, 2.24) is 9.55 Å². The number of nitrogens with zero attached hydrogens (tertiary/aromatic N) is 3. The summed E-state index contributed by atoms with van der Waals surface area (Å²) in [5, 5.41) is 11.3. The van der Waals surface area contributed by atoms with Crippen molar-refractivity contribution in [1.29, 1.82) is 0 Å². The molecule has 0 saturated carbocycles. The van der Waals surface area contributed by atoms with Gasteiger partial charge in [0.15, 0.2) is 11.6 Å². The number of aliphatic carboxylic acids is 1. The second-order valence-corrected chi connectivity index (χ2v) is 8.50. The zero-order valence-corrected chi connectivity index (χ0v) is 18.4. The van der Waals surface area contributed by atoms with Crippen LogP contribution in [0.4, 0.5) is 15.9 Å². The summed E-state index contributed by atoms with van der Waals surface area (Å²) in [6.45, 7) is 5.17. The van der Waals surface area contributed by atoms with Crippen molar-refractivity contribution in [3.8, 4) is 11.1 Å². The van der Waals surface area contributed by atoms with Gasteiger partial charge in [-0.05, 0) is 66.4 Å². The molecule has 32 heavy (non-hydrogen) atoms. The second-order valence-electron chi connectivity index (χ2n) is 8.06. The first-order valence-corrected chi connectivity index (χ1v) is 10.8. The number of halogens is 2. The molecule has 0 saturated heterocycles. The van der Waals surface area contributed by atoms with Crippen LogP contribution in [0, 0.1) is 19.7 Å². The molecule has 1 N–H and O–H groups in total. The van der Waals surface area contributed by atoms with Gasteiger partial charge < -0.3 is 14.6 Å². The molecule has 1 aliphatic rings. The Morgan fingerprint density at radius 3 is 2.62 bits per heavy atom. The number of benzene rings is 2. The average Bonchev–Trinajstić information content (AvgIpc) is 3.09. The van der Waals surface area contributed by atoms with Crippen LogP contribution in [0.25, 0.3) is 22.0 Å². The molecular formula is C25H21ClFN3O2. The number of aromatic nitrogens is 2. The number of hydrogen-bond donors (Lipinski definition) is 1. The van der Waals surface area contributed by atoms with Crippen LogP contribution in [-0.2, 0) is 17.8 Å². The number of pyridine rings is 1. The minimum Gasteiger partial charge on any atom is -0.481 e. The van der Waals surface area contributed by atoms with Crippen LogP contribution in [0.2, 0.25) is 5.02 Å². The number of aryl methyl sites for hydroxylation is 1. The molecule has 4 aromatic rings. The fourth-order valence-corrected chi connectivity index (χ4v) is 4.96. The van der Waals surface area contributed by atoms with Crippen LogP contribution in [0.3, 0.4) is 0 Å². The van der Waals surface area contributed by atoms with E-state index < -0.39 is 11.8 Å². The quantitative estimate of drug-likeness (QED) is 0.422. The lowest BCUT2D eigenvalue weighted by atomic mass is 9.88. The van der Waals surface area contributed by atoms with Crippen LogP contribution < -0.4 is 4.90 Å².